The van der Waals surface area contributed by atoms with Crippen LogP contribution in [0, 0.1) is 0 Å². The van der Waals surface area contributed by atoms with Crippen molar-refractivity contribution >= 4 is 35.1 Å². The van der Waals surface area contributed by atoms with Gasteiger partial charge in [-0.15, -0.1) is 5.10 Å². The van der Waals surface area contributed by atoms with Gasteiger partial charge in [-0.05, 0) is 42.2 Å². The van der Waals surface area contributed by atoms with Gasteiger partial charge < -0.3 is 5.32 Å². The number of carbonyl (C=O) groups excluding carboxylic acids is 1. The van der Waals surface area contributed by atoms with Gasteiger partial charge in [-0.25, -0.2) is 4.68 Å². The van der Waals surface area contributed by atoms with E-state index in [9.17, 15) is 4.79 Å². The molecule has 1 aliphatic carbocycles. The molecule has 8 heteroatoms. The summed E-state index contributed by atoms with van der Waals surface area (Å²) in [6.07, 6.45) is 5.76. The second-order valence-electron chi connectivity index (χ2n) is 7.02. The van der Waals surface area contributed by atoms with E-state index in [1.807, 2.05) is 41.1 Å². The number of ketones is 1. The van der Waals surface area contributed by atoms with Crippen LogP contribution in [0.3, 0.4) is 0 Å². The molecule has 1 atom stereocenters. The Morgan fingerprint density at radius 3 is 2.83 bits per heavy atom. The highest BCUT2D eigenvalue weighted by molar-refractivity contribution is 7.98. The molecular weight excluding hydrogens is 406 g/mol. The molecule has 1 aromatic carbocycles. The minimum Gasteiger partial charge on any atom is -0.328 e. The van der Waals surface area contributed by atoms with Crippen LogP contribution in [0.5, 0.6) is 0 Å². The minimum atomic E-state index is -0.279. The summed E-state index contributed by atoms with van der Waals surface area (Å²) in [4.78, 5) is 21.6. The first-order chi connectivity index (χ1) is 14.2. The van der Waals surface area contributed by atoms with Crippen molar-refractivity contribution in [2.75, 3.05) is 5.32 Å². The quantitative estimate of drug-likeness (QED) is 0.616. The molecule has 0 amide bonds. The van der Waals surface area contributed by atoms with Gasteiger partial charge in [0.15, 0.2) is 5.78 Å². The summed E-state index contributed by atoms with van der Waals surface area (Å²) in [6.45, 7) is 0. The van der Waals surface area contributed by atoms with Crippen LogP contribution >= 0.6 is 23.4 Å². The molecule has 29 heavy (non-hydrogen) atoms. The summed E-state index contributed by atoms with van der Waals surface area (Å²) >= 11 is 7.80. The first-order valence-electron chi connectivity index (χ1n) is 9.46. The van der Waals surface area contributed by atoms with Gasteiger partial charge in [0.25, 0.3) is 0 Å². The Morgan fingerprint density at radius 2 is 2.00 bits per heavy atom. The van der Waals surface area contributed by atoms with Crippen LogP contribution in [0.25, 0.3) is 0 Å². The maximum atomic E-state index is 12.8. The molecule has 0 radical (unpaired) electrons. The maximum Gasteiger partial charge on any atom is 0.227 e. The summed E-state index contributed by atoms with van der Waals surface area (Å²) in [5, 5.41) is 9.47. The molecule has 0 fully saturated rings. The molecule has 0 saturated carbocycles. The predicted octanol–water partition coefficient (Wildman–Crippen LogP) is 4.64. The number of carbonyl (C=O) groups is 1. The van der Waals surface area contributed by atoms with E-state index in [4.69, 9.17) is 16.7 Å². The Kier molecular flexibility index (Phi) is 4.85. The third-order valence-electron chi connectivity index (χ3n) is 5.19. The van der Waals surface area contributed by atoms with Gasteiger partial charge in [0, 0.05) is 40.9 Å². The second-order valence-corrected chi connectivity index (χ2v) is 8.37. The number of nitrogens with one attached hydrogen (secondary N) is 1. The number of allylic oxidation sites excluding steroid dienone is 2. The SMILES string of the molecule is O=C1CCCC2=C1[C@H](c1ccncc1)n1nc(SCc3ccccc3Cl)nc1N2. The number of rotatable bonds is 4. The van der Waals surface area contributed by atoms with Crippen LogP contribution < -0.4 is 5.32 Å². The lowest BCUT2D eigenvalue weighted by atomic mass is 9.86. The Balaban J connectivity index is 1.50. The maximum absolute atomic E-state index is 12.8. The highest BCUT2D eigenvalue weighted by Gasteiger charge is 2.36. The zero-order chi connectivity index (χ0) is 19.8. The van der Waals surface area contributed by atoms with Gasteiger partial charge in [0.1, 0.15) is 6.04 Å². The lowest BCUT2D eigenvalue weighted by molar-refractivity contribution is -0.116. The summed E-state index contributed by atoms with van der Waals surface area (Å²) in [5.41, 5.74) is 3.78. The van der Waals surface area contributed by atoms with Gasteiger partial charge >= 0.3 is 0 Å². The number of hydrogen-bond donors (Lipinski definition) is 1. The fourth-order valence-corrected chi connectivity index (χ4v) is 4.92. The van der Waals surface area contributed by atoms with Crippen molar-refractivity contribution in [3.63, 3.8) is 0 Å². The van der Waals surface area contributed by atoms with E-state index in [1.165, 1.54) is 11.8 Å². The fourth-order valence-electron chi connectivity index (χ4n) is 3.81. The Hall–Kier alpha value is -2.64. The van der Waals surface area contributed by atoms with Crippen LogP contribution in [0.15, 0.2) is 65.2 Å². The minimum absolute atomic E-state index is 0.173. The third-order valence-corrected chi connectivity index (χ3v) is 6.44. The van der Waals surface area contributed by atoms with Crippen molar-refractivity contribution in [3.8, 4) is 0 Å². The monoisotopic (exact) mass is 423 g/mol. The van der Waals surface area contributed by atoms with Crippen LogP contribution in [-0.4, -0.2) is 25.5 Å². The van der Waals surface area contributed by atoms with E-state index in [0.29, 0.717) is 23.3 Å². The average Bonchev–Trinajstić information content (AvgIpc) is 3.15. The number of nitrogens with zero attached hydrogens (tertiary/aromatic N) is 4. The number of aromatic nitrogens is 4. The van der Waals surface area contributed by atoms with Crippen molar-refractivity contribution in [1.82, 2.24) is 19.7 Å². The summed E-state index contributed by atoms with van der Waals surface area (Å²) in [7, 11) is 0. The third kappa shape index (κ3) is 3.45. The number of halogens is 1. The van der Waals surface area contributed by atoms with E-state index in [2.05, 4.69) is 15.3 Å². The zero-order valence-corrected chi connectivity index (χ0v) is 17.1. The normalized spacial score (nSPS) is 18.2. The molecule has 1 aliphatic heterocycles. The first-order valence-corrected chi connectivity index (χ1v) is 10.8. The molecule has 6 nitrogen and oxygen atoms in total. The highest BCUT2D eigenvalue weighted by atomic mass is 35.5. The van der Waals surface area contributed by atoms with Crippen molar-refractivity contribution < 1.29 is 4.79 Å². The number of benzene rings is 1. The lowest BCUT2D eigenvalue weighted by Crippen LogP contribution is -2.31. The van der Waals surface area contributed by atoms with Crippen LogP contribution in [0.1, 0.15) is 36.4 Å². The van der Waals surface area contributed by atoms with E-state index >= 15 is 0 Å². The lowest BCUT2D eigenvalue weighted by Gasteiger charge is -2.32. The molecule has 146 valence electrons. The van der Waals surface area contributed by atoms with Gasteiger partial charge in [0.05, 0.1) is 0 Å². The Bertz CT molecular complexity index is 1110. The number of fused-ring (bicyclic) bond motifs is 1. The molecule has 0 unspecified atom stereocenters. The highest BCUT2D eigenvalue weighted by Crippen LogP contribution is 2.40. The standard InChI is InChI=1S/C21H18ClN5OS/c22-15-5-2-1-4-14(15)12-29-21-25-20-24-16-6-3-7-17(28)18(16)19(27(20)26-21)13-8-10-23-11-9-13/h1-2,4-5,8-11,19H,3,6-7,12H2,(H,24,25,26)/t19-/m0/s1. The van der Waals surface area contributed by atoms with Crippen molar-refractivity contribution in [1.29, 1.82) is 0 Å². The van der Waals surface area contributed by atoms with Crippen LogP contribution in [-0.2, 0) is 10.5 Å². The van der Waals surface area contributed by atoms with Gasteiger partial charge in [-0.3, -0.25) is 9.78 Å². The summed E-state index contributed by atoms with van der Waals surface area (Å²) in [6, 6.07) is 11.4. The molecule has 0 bridgehead atoms. The smallest absolute Gasteiger partial charge is 0.227 e. The summed E-state index contributed by atoms with van der Waals surface area (Å²) < 4.78 is 1.83. The van der Waals surface area contributed by atoms with Gasteiger partial charge in [-0.1, -0.05) is 41.6 Å². The molecule has 0 spiro atoms. The van der Waals surface area contributed by atoms with E-state index in [-0.39, 0.29) is 11.8 Å². The fraction of sp³-hybridized carbons (Fsp3) is 0.238. The molecule has 3 heterocycles. The molecule has 2 aliphatic rings. The topological polar surface area (TPSA) is 72.7 Å². The van der Waals surface area contributed by atoms with Crippen LogP contribution in [0.4, 0.5) is 5.95 Å². The Labute approximate surface area is 177 Å². The van der Waals surface area contributed by atoms with Crippen molar-refractivity contribution in [2.24, 2.45) is 0 Å². The van der Waals surface area contributed by atoms with Crippen molar-refractivity contribution in [2.45, 2.75) is 36.2 Å². The largest absolute Gasteiger partial charge is 0.328 e. The number of thioether (sulfide) groups is 1. The molecule has 0 saturated heterocycles. The number of anilines is 1. The van der Waals surface area contributed by atoms with Crippen LogP contribution in [0.2, 0.25) is 5.02 Å². The van der Waals surface area contributed by atoms with E-state index in [1.54, 1.807) is 12.4 Å². The van der Waals surface area contributed by atoms with E-state index in [0.717, 1.165) is 40.3 Å². The number of pyridine rings is 1. The molecular formula is C21H18ClN5OS. The number of hydrogen-bond acceptors (Lipinski definition) is 6. The van der Waals surface area contributed by atoms with Gasteiger partial charge in [0.2, 0.25) is 11.1 Å². The average molecular weight is 424 g/mol. The molecule has 1 N–H and O–H groups in total. The predicted molar refractivity (Wildman–Crippen MR) is 113 cm³/mol. The first kappa shape index (κ1) is 18.4. The van der Waals surface area contributed by atoms with E-state index < -0.39 is 0 Å². The molecule has 5 rings (SSSR count). The Morgan fingerprint density at radius 1 is 1.17 bits per heavy atom. The second kappa shape index (κ2) is 7.65. The summed E-state index contributed by atoms with van der Waals surface area (Å²) in [5.74, 6) is 1.52. The number of Topliss-reactive ketones (excluding diaryl/α,β-unsaturated/α-hetero) is 1. The molecule has 3 aromatic rings. The molecule has 2 aromatic heterocycles. The zero-order valence-electron chi connectivity index (χ0n) is 15.5. The van der Waals surface area contributed by atoms with Crippen molar-refractivity contribution in [3.05, 3.63) is 76.2 Å². The van der Waals surface area contributed by atoms with Gasteiger partial charge in [-0.2, -0.15) is 4.98 Å².